The summed E-state index contributed by atoms with van der Waals surface area (Å²) in [5, 5.41) is 8.41. The number of furan rings is 1. The summed E-state index contributed by atoms with van der Waals surface area (Å²) in [7, 11) is 3.43. The number of rotatable bonds is 4. The normalized spacial score (nSPS) is 11.5. The fourth-order valence-electron chi connectivity index (χ4n) is 4.92. The molecule has 0 aliphatic carbocycles. The number of carbonyl (C=O) groups is 1. The van der Waals surface area contributed by atoms with Gasteiger partial charge in [0.25, 0.3) is 5.91 Å². The minimum atomic E-state index is -0.426. The van der Waals surface area contributed by atoms with Crippen LogP contribution in [0.15, 0.2) is 80.9 Å². The molecule has 3 aromatic carbocycles. The van der Waals surface area contributed by atoms with Gasteiger partial charge in [-0.15, -0.1) is 0 Å². The fraction of sp³-hybridized carbons (Fsp3) is 0.103. The number of carbonyl (C=O) groups excluding carboxylic acids is 1. The second-order valence-electron chi connectivity index (χ2n) is 8.81. The van der Waals surface area contributed by atoms with Crippen LogP contribution in [-0.4, -0.2) is 24.4 Å². The van der Waals surface area contributed by atoms with E-state index in [1.165, 1.54) is 0 Å². The first kappa shape index (κ1) is 21.7. The summed E-state index contributed by atoms with van der Waals surface area (Å²) in [6.07, 6.45) is 0. The highest BCUT2D eigenvalue weighted by Gasteiger charge is 2.23. The van der Waals surface area contributed by atoms with Gasteiger partial charge < -0.3 is 19.5 Å². The average molecular weight is 478 g/mol. The van der Waals surface area contributed by atoms with Crippen molar-refractivity contribution in [2.75, 3.05) is 19.4 Å². The Morgan fingerprint density at radius 2 is 1.72 bits per heavy atom. The van der Waals surface area contributed by atoms with Crippen LogP contribution in [0.5, 0.6) is 0 Å². The minimum absolute atomic E-state index is 0.239. The van der Waals surface area contributed by atoms with Crippen LogP contribution in [0, 0.1) is 0 Å². The Bertz CT molecular complexity index is 1940. The van der Waals surface area contributed by atoms with Gasteiger partial charge in [-0.2, -0.15) is 0 Å². The number of hydrogen-bond acceptors (Lipinski definition) is 5. The SMILES string of the molecule is C=C(C)c1oc2cc(NC)c(-c3ccc4oc(=O)n5c6ccccc6cc5c4c3)cc2c1C(=O)NC. The molecular formula is C29H23N3O4. The van der Waals surface area contributed by atoms with Crippen molar-refractivity contribution in [2.45, 2.75) is 6.92 Å². The van der Waals surface area contributed by atoms with Crippen LogP contribution in [0.25, 0.3) is 55.1 Å². The fourth-order valence-corrected chi connectivity index (χ4v) is 4.92. The van der Waals surface area contributed by atoms with Gasteiger partial charge in [0.2, 0.25) is 0 Å². The van der Waals surface area contributed by atoms with Crippen molar-refractivity contribution in [1.82, 2.24) is 9.72 Å². The lowest BCUT2D eigenvalue weighted by atomic mass is 9.97. The predicted octanol–water partition coefficient (Wildman–Crippen LogP) is 6.05. The largest absolute Gasteiger partial charge is 0.456 e. The van der Waals surface area contributed by atoms with Gasteiger partial charge in [0.15, 0.2) is 0 Å². The zero-order chi connectivity index (χ0) is 25.1. The number of allylic oxidation sites excluding steroid dienone is 1. The van der Waals surface area contributed by atoms with Crippen LogP contribution in [0.3, 0.4) is 0 Å². The lowest BCUT2D eigenvalue weighted by molar-refractivity contribution is 0.0963. The summed E-state index contributed by atoms with van der Waals surface area (Å²) in [5.74, 6) is -0.202. The second-order valence-corrected chi connectivity index (χ2v) is 8.81. The molecule has 0 aliphatic heterocycles. The molecule has 7 heteroatoms. The molecule has 0 saturated heterocycles. The summed E-state index contributed by atoms with van der Waals surface area (Å²) in [6, 6.07) is 19.3. The number of hydrogen-bond donors (Lipinski definition) is 2. The van der Waals surface area contributed by atoms with E-state index in [-0.39, 0.29) is 5.91 Å². The zero-order valence-electron chi connectivity index (χ0n) is 20.1. The van der Waals surface area contributed by atoms with Crippen LogP contribution < -0.4 is 16.4 Å². The number of nitrogens with zero attached hydrogens (tertiary/aromatic N) is 1. The van der Waals surface area contributed by atoms with Crippen molar-refractivity contribution in [3.05, 3.63) is 89.1 Å². The highest BCUT2D eigenvalue weighted by atomic mass is 16.4. The Balaban J connectivity index is 1.66. The molecule has 178 valence electrons. The van der Waals surface area contributed by atoms with Crippen molar-refractivity contribution >= 4 is 55.5 Å². The van der Waals surface area contributed by atoms with Crippen LogP contribution in [0.4, 0.5) is 5.69 Å². The Labute approximate surface area is 205 Å². The number of fused-ring (bicyclic) bond motifs is 6. The number of anilines is 1. The molecule has 0 atom stereocenters. The average Bonchev–Trinajstić information content (AvgIpc) is 3.46. The van der Waals surface area contributed by atoms with E-state index in [0.29, 0.717) is 33.4 Å². The lowest BCUT2D eigenvalue weighted by Crippen LogP contribution is -2.18. The van der Waals surface area contributed by atoms with Gasteiger partial charge >= 0.3 is 5.76 Å². The van der Waals surface area contributed by atoms with Crippen molar-refractivity contribution < 1.29 is 13.6 Å². The molecular weight excluding hydrogens is 454 g/mol. The smallest absolute Gasteiger partial charge is 0.424 e. The van der Waals surface area contributed by atoms with E-state index in [1.807, 2.05) is 74.6 Å². The van der Waals surface area contributed by atoms with E-state index in [4.69, 9.17) is 8.83 Å². The molecule has 0 fully saturated rings. The van der Waals surface area contributed by atoms with Gasteiger partial charge in [-0.1, -0.05) is 30.8 Å². The van der Waals surface area contributed by atoms with Crippen LogP contribution in [0.2, 0.25) is 0 Å². The molecule has 3 heterocycles. The molecule has 0 spiro atoms. The van der Waals surface area contributed by atoms with Gasteiger partial charge in [0.1, 0.15) is 16.9 Å². The third-order valence-electron chi connectivity index (χ3n) is 6.60. The van der Waals surface area contributed by atoms with E-state index >= 15 is 0 Å². The van der Waals surface area contributed by atoms with Crippen LogP contribution in [0.1, 0.15) is 23.0 Å². The van der Waals surface area contributed by atoms with Gasteiger partial charge in [0, 0.05) is 47.6 Å². The standard InChI is InChI=1S/C29H23N3O4/c1-15(2)27-26(28(33)31-4)20-13-18(21(30-3)14-25(20)35-27)16-9-10-24-19(11-16)23-12-17-7-5-6-8-22(17)32(23)29(34)36-24/h5-14,30H,1H2,2-4H3,(H,31,33). The second kappa shape index (κ2) is 7.88. The summed E-state index contributed by atoms with van der Waals surface area (Å²) in [6.45, 7) is 5.80. The number of nitrogens with one attached hydrogen (secondary N) is 2. The topological polar surface area (TPSA) is 88.9 Å². The zero-order valence-corrected chi connectivity index (χ0v) is 20.1. The summed E-state index contributed by atoms with van der Waals surface area (Å²) in [4.78, 5) is 25.6. The number of amides is 1. The number of para-hydroxylation sites is 1. The van der Waals surface area contributed by atoms with Crippen LogP contribution >= 0.6 is 0 Å². The molecule has 2 N–H and O–H groups in total. The predicted molar refractivity (Wildman–Crippen MR) is 144 cm³/mol. The third-order valence-corrected chi connectivity index (χ3v) is 6.60. The Hall–Kier alpha value is -4.78. The molecule has 0 unspecified atom stereocenters. The summed E-state index contributed by atoms with van der Waals surface area (Å²) in [5.41, 5.74) is 6.40. The molecule has 0 aliphatic rings. The molecule has 6 rings (SSSR count). The molecule has 36 heavy (non-hydrogen) atoms. The maximum absolute atomic E-state index is 12.8. The van der Waals surface area contributed by atoms with E-state index in [0.717, 1.165) is 38.6 Å². The van der Waals surface area contributed by atoms with Crippen LogP contribution in [-0.2, 0) is 0 Å². The molecule has 1 amide bonds. The van der Waals surface area contributed by atoms with E-state index in [9.17, 15) is 9.59 Å². The van der Waals surface area contributed by atoms with Gasteiger partial charge in [-0.25, -0.2) is 9.20 Å². The van der Waals surface area contributed by atoms with E-state index in [1.54, 1.807) is 11.4 Å². The molecule has 0 saturated carbocycles. The highest BCUT2D eigenvalue weighted by Crippen LogP contribution is 2.39. The first-order valence-corrected chi connectivity index (χ1v) is 11.5. The molecule has 6 aromatic rings. The molecule has 7 nitrogen and oxygen atoms in total. The van der Waals surface area contributed by atoms with Crippen molar-refractivity contribution in [3.8, 4) is 11.1 Å². The Morgan fingerprint density at radius 3 is 2.47 bits per heavy atom. The van der Waals surface area contributed by atoms with Crippen molar-refractivity contribution in [1.29, 1.82) is 0 Å². The van der Waals surface area contributed by atoms with Gasteiger partial charge in [-0.3, -0.25) is 4.79 Å². The summed E-state index contributed by atoms with van der Waals surface area (Å²) >= 11 is 0. The van der Waals surface area contributed by atoms with E-state index in [2.05, 4.69) is 17.2 Å². The number of benzene rings is 3. The monoisotopic (exact) mass is 477 g/mol. The van der Waals surface area contributed by atoms with Gasteiger partial charge in [0.05, 0.1) is 16.6 Å². The molecule has 3 aromatic heterocycles. The first-order valence-electron chi connectivity index (χ1n) is 11.5. The molecule has 0 radical (unpaired) electrons. The Kier molecular flexibility index (Phi) is 4.76. The van der Waals surface area contributed by atoms with Crippen molar-refractivity contribution in [2.24, 2.45) is 0 Å². The summed E-state index contributed by atoms with van der Waals surface area (Å²) < 4.78 is 13.3. The third kappa shape index (κ3) is 3.06. The Morgan fingerprint density at radius 1 is 0.917 bits per heavy atom. The van der Waals surface area contributed by atoms with Gasteiger partial charge in [-0.05, 0) is 48.4 Å². The maximum atomic E-state index is 12.8. The first-order chi connectivity index (χ1) is 17.4. The number of aromatic nitrogens is 1. The quantitative estimate of drug-likeness (QED) is 0.323. The molecule has 0 bridgehead atoms. The minimum Gasteiger partial charge on any atom is -0.456 e. The lowest BCUT2D eigenvalue weighted by Gasteiger charge is -2.11. The van der Waals surface area contributed by atoms with E-state index < -0.39 is 5.76 Å². The highest BCUT2D eigenvalue weighted by molar-refractivity contribution is 6.11. The maximum Gasteiger partial charge on any atom is 0.424 e. The van der Waals surface area contributed by atoms with Crippen molar-refractivity contribution in [3.63, 3.8) is 0 Å².